The maximum absolute atomic E-state index is 5.88. The Kier molecular flexibility index (Phi) is 6.13. The average Bonchev–Trinajstić information content (AvgIpc) is 2.67. The number of methoxy groups -OCH3 is 1. The molecule has 2 aromatic rings. The minimum Gasteiger partial charge on any atom is -0.497 e. The van der Waals surface area contributed by atoms with E-state index in [1.165, 1.54) is 43.5 Å². The lowest BCUT2D eigenvalue weighted by atomic mass is 10.1. The van der Waals surface area contributed by atoms with Crippen molar-refractivity contribution in [2.75, 3.05) is 33.4 Å². The Hall–Kier alpha value is -2.00. The summed E-state index contributed by atoms with van der Waals surface area (Å²) in [6, 6.07) is 16.5. The van der Waals surface area contributed by atoms with Crippen LogP contribution < -0.4 is 9.47 Å². The summed E-state index contributed by atoms with van der Waals surface area (Å²) in [5, 5.41) is 0. The van der Waals surface area contributed by atoms with Gasteiger partial charge in [0.05, 0.1) is 13.7 Å². The minimum atomic E-state index is 0.790. The highest BCUT2D eigenvalue weighted by Gasteiger charge is 2.09. The highest BCUT2D eigenvalue weighted by Crippen LogP contribution is 2.24. The third-order valence-electron chi connectivity index (χ3n) is 4.61. The zero-order valence-electron chi connectivity index (χ0n) is 14.5. The van der Waals surface area contributed by atoms with Gasteiger partial charge in [-0.05, 0) is 67.7 Å². The van der Waals surface area contributed by atoms with Crippen molar-refractivity contribution in [3.8, 4) is 22.6 Å². The molecule has 0 unspecified atom stereocenters. The van der Waals surface area contributed by atoms with Crippen molar-refractivity contribution in [3.05, 3.63) is 48.5 Å². The Morgan fingerprint density at radius 1 is 0.792 bits per heavy atom. The van der Waals surface area contributed by atoms with Crippen LogP contribution in [0.4, 0.5) is 0 Å². The molecule has 3 nitrogen and oxygen atoms in total. The summed E-state index contributed by atoms with van der Waals surface area (Å²) in [5.74, 6) is 1.83. The van der Waals surface area contributed by atoms with E-state index in [2.05, 4.69) is 41.3 Å². The van der Waals surface area contributed by atoms with Gasteiger partial charge in [0, 0.05) is 6.54 Å². The van der Waals surface area contributed by atoms with Gasteiger partial charge in [0.2, 0.25) is 0 Å². The van der Waals surface area contributed by atoms with E-state index in [1.54, 1.807) is 7.11 Å². The molecular formula is C21H27NO2. The third-order valence-corrected chi connectivity index (χ3v) is 4.61. The van der Waals surface area contributed by atoms with Crippen LogP contribution in [0.25, 0.3) is 11.1 Å². The first-order chi connectivity index (χ1) is 11.8. The Morgan fingerprint density at radius 3 is 1.96 bits per heavy atom. The molecule has 0 N–H and O–H groups in total. The Balaban J connectivity index is 1.45. The third kappa shape index (κ3) is 4.75. The van der Waals surface area contributed by atoms with E-state index in [-0.39, 0.29) is 0 Å². The maximum atomic E-state index is 5.88. The maximum Gasteiger partial charge on any atom is 0.119 e. The summed E-state index contributed by atoms with van der Waals surface area (Å²) in [7, 11) is 1.69. The predicted molar refractivity (Wildman–Crippen MR) is 98.8 cm³/mol. The van der Waals surface area contributed by atoms with Crippen LogP contribution in [0, 0.1) is 0 Å². The van der Waals surface area contributed by atoms with Crippen molar-refractivity contribution in [2.24, 2.45) is 0 Å². The molecule has 128 valence electrons. The molecular weight excluding hydrogens is 298 g/mol. The van der Waals surface area contributed by atoms with E-state index in [1.807, 2.05) is 12.1 Å². The van der Waals surface area contributed by atoms with Crippen molar-refractivity contribution in [3.63, 3.8) is 0 Å². The monoisotopic (exact) mass is 325 g/mol. The second-order valence-electron chi connectivity index (χ2n) is 6.36. The fourth-order valence-corrected chi connectivity index (χ4v) is 3.19. The van der Waals surface area contributed by atoms with E-state index in [4.69, 9.17) is 9.47 Å². The molecule has 0 atom stereocenters. The second kappa shape index (κ2) is 8.74. The number of rotatable bonds is 7. The molecule has 0 aliphatic carbocycles. The number of hydrogen-bond donors (Lipinski definition) is 0. The SMILES string of the molecule is COc1ccc(-c2ccc(OCCCN3CCCCC3)cc2)cc1. The van der Waals surface area contributed by atoms with Gasteiger partial charge in [0.15, 0.2) is 0 Å². The van der Waals surface area contributed by atoms with Crippen LogP contribution >= 0.6 is 0 Å². The first-order valence-corrected chi connectivity index (χ1v) is 8.95. The summed E-state index contributed by atoms with van der Waals surface area (Å²) in [4.78, 5) is 2.56. The van der Waals surface area contributed by atoms with Gasteiger partial charge in [0.25, 0.3) is 0 Å². The number of piperidine rings is 1. The molecule has 0 aromatic heterocycles. The zero-order valence-corrected chi connectivity index (χ0v) is 14.5. The van der Waals surface area contributed by atoms with Gasteiger partial charge in [-0.3, -0.25) is 0 Å². The van der Waals surface area contributed by atoms with Crippen molar-refractivity contribution in [1.82, 2.24) is 4.90 Å². The summed E-state index contributed by atoms with van der Waals surface area (Å²) in [6.45, 7) is 4.47. The molecule has 0 spiro atoms. The van der Waals surface area contributed by atoms with Gasteiger partial charge in [-0.2, -0.15) is 0 Å². The minimum absolute atomic E-state index is 0.790. The van der Waals surface area contributed by atoms with Gasteiger partial charge >= 0.3 is 0 Å². The van der Waals surface area contributed by atoms with Crippen molar-refractivity contribution in [2.45, 2.75) is 25.7 Å². The van der Waals surface area contributed by atoms with Crippen LogP contribution in [-0.4, -0.2) is 38.3 Å². The van der Waals surface area contributed by atoms with Gasteiger partial charge in [-0.25, -0.2) is 0 Å². The summed E-state index contributed by atoms with van der Waals surface area (Å²) in [6.07, 6.45) is 5.20. The molecule has 24 heavy (non-hydrogen) atoms. The van der Waals surface area contributed by atoms with Crippen molar-refractivity contribution in [1.29, 1.82) is 0 Å². The van der Waals surface area contributed by atoms with Crippen LogP contribution in [0.2, 0.25) is 0 Å². The molecule has 1 fully saturated rings. The summed E-state index contributed by atoms with van der Waals surface area (Å²) >= 11 is 0. The molecule has 1 aliphatic rings. The summed E-state index contributed by atoms with van der Waals surface area (Å²) < 4.78 is 11.1. The average molecular weight is 325 g/mol. The van der Waals surface area contributed by atoms with Crippen LogP contribution in [0.5, 0.6) is 11.5 Å². The molecule has 0 saturated carbocycles. The Morgan fingerprint density at radius 2 is 1.38 bits per heavy atom. The van der Waals surface area contributed by atoms with E-state index >= 15 is 0 Å². The number of ether oxygens (including phenoxy) is 2. The number of benzene rings is 2. The molecule has 3 rings (SSSR count). The number of hydrogen-bond acceptors (Lipinski definition) is 3. The highest BCUT2D eigenvalue weighted by molar-refractivity contribution is 5.64. The Bertz CT molecular complexity index is 601. The van der Waals surface area contributed by atoms with Gasteiger partial charge in [-0.1, -0.05) is 30.7 Å². The summed E-state index contributed by atoms with van der Waals surface area (Å²) in [5.41, 5.74) is 2.38. The number of nitrogens with zero attached hydrogens (tertiary/aromatic N) is 1. The molecule has 1 saturated heterocycles. The highest BCUT2D eigenvalue weighted by atomic mass is 16.5. The lowest BCUT2D eigenvalue weighted by Crippen LogP contribution is -2.31. The number of likely N-dealkylation sites (tertiary alicyclic amines) is 1. The van der Waals surface area contributed by atoms with Crippen LogP contribution in [0.1, 0.15) is 25.7 Å². The van der Waals surface area contributed by atoms with Crippen molar-refractivity contribution < 1.29 is 9.47 Å². The molecule has 1 aliphatic heterocycles. The smallest absolute Gasteiger partial charge is 0.119 e. The first-order valence-electron chi connectivity index (χ1n) is 8.95. The predicted octanol–water partition coefficient (Wildman–Crippen LogP) is 4.62. The quantitative estimate of drug-likeness (QED) is 0.694. The van der Waals surface area contributed by atoms with E-state index in [0.717, 1.165) is 31.1 Å². The van der Waals surface area contributed by atoms with E-state index in [9.17, 15) is 0 Å². The molecule has 0 bridgehead atoms. The largest absolute Gasteiger partial charge is 0.497 e. The molecule has 3 heteroatoms. The molecule has 2 aromatic carbocycles. The van der Waals surface area contributed by atoms with E-state index < -0.39 is 0 Å². The van der Waals surface area contributed by atoms with Crippen LogP contribution in [0.15, 0.2) is 48.5 Å². The molecule has 0 amide bonds. The fraction of sp³-hybridized carbons (Fsp3) is 0.429. The van der Waals surface area contributed by atoms with Crippen LogP contribution in [-0.2, 0) is 0 Å². The second-order valence-corrected chi connectivity index (χ2v) is 6.36. The molecule has 0 radical (unpaired) electrons. The molecule has 1 heterocycles. The Labute approximate surface area is 145 Å². The standard InChI is InChI=1S/C21H27NO2/c1-23-20-10-6-18(7-11-20)19-8-12-21(13-9-19)24-17-5-16-22-14-3-2-4-15-22/h6-13H,2-5,14-17H2,1H3. The van der Waals surface area contributed by atoms with Gasteiger partial charge in [0.1, 0.15) is 11.5 Å². The van der Waals surface area contributed by atoms with Gasteiger partial charge in [-0.15, -0.1) is 0 Å². The normalized spacial score (nSPS) is 15.2. The lowest BCUT2D eigenvalue weighted by Gasteiger charge is -2.26. The lowest BCUT2D eigenvalue weighted by molar-refractivity contribution is 0.205. The van der Waals surface area contributed by atoms with Crippen LogP contribution in [0.3, 0.4) is 0 Å². The topological polar surface area (TPSA) is 21.7 Å². The van der Waals surface area contributed by atoms with Gasteiger partial charge < -0.3 is 14.4 Å². The van der Waals surface area contributed by atoms with E-state index in [0.29, 0.717) is 0 Å². The first kappa shape index (κ1) is 16.8. The zero-order chi connectivity index (χ0) is 16.6. The van der Waals surface area contributed by atoms with Crippen molar-refractivity contribution >= 4 is 0 Å². The fourth-order valence-electron chi connectivity index (χ4n) is 3.19.